The molecule has 0 saturated heterocycles. The van der Waals surface area contributed by atoms with Crippen molar-refractivity contribution in [3.8, 4) is 23.0 Å². The SMILES string of the molecule is O=C(C=Cc1ccccc1)Nc1ccccc1-c1nc(-c2ccco2)no1. The molecule has 2 aromatic carbocycles. The van der Waals surface area contributed by atoms with Crippen LogP contribution in [0.1, 0.15) is 5.56 Å². The molecule has 1 amide bonds. The summed E-state index contributed by atoms with van der Waals surface area (Å²) < 4.78 is 10.6. The van der Waals surface area contributed by atoms with Gasteiger partial charge in [0.2, 0.25) is 11.7 Å². The predicted octanol–water partition coefficient (Wildman–Crippen LogP) is 4.65. The lowest BCUT2D eigenvalue weighted by Crippen LogP contribution is -2.08. The number of nitrogens with zero attached hydrogens (tertiary/aromatic N) is 2. The fourth-order valence-corrected chi connectivity index (χ4v) is 2.53. The average Bonchev–Trinajstić information content (AvgIpc) is 3.39. The average molecular weight is 357 g/mol. The minimum absolute atomic E-state index is 0.253. The van der Waals surface area contributed by atoms with Crippen LogP contribution < -0.4 is 5.32 Å². The standard InChI is InChI=1S/C21H15N3O3/c25-19(13-12-15-7-2-1-3-8-15)22-17-10-5-4-9-16(17)21-23-20(24-27-21)18-11-6-14-26-18/h1-14H,(H,22,25). The molecule has 4 rings (SSSR count). The molecule has 0 unspecified atom stereocenters. The van der Waals surface area contributed by atoms with Crippen molar-refractivity contribution in [2.75, 3.05) is 5.32 Å². The fourth-order valence-electron chi connectivity index (χ4n) is 2.53. The molecule has 0 saturated carbocycles. The summed E-state index contributed by atoms with van der Waals surface area (Å²) in [6.45, 7) is 0. The number of rotatable bonds is 5. The lowest BCUT2D eigenvalue weighted by molar-refractivity contribution is -0.111. The van der Waals surface area contributed by atoms with Crippen LogP contribution in [0, 0.1) is 0 Å². The van der Waals surface area contributed by atoms with Crippen molar-refractivity contribution >= 4 is 17.7 Å². The Morgan fingerprint density at radius 2 is 1.78 bits per heavy atom. The Labute approximate surface area is 155 Å². The number of hydrogen-bond donors (Lipinski definition) is 1. The van der Waals surface area contributed by atoms with Gasteiger partial charge in [0, 0.05) is 6.08 Å². The second-order valence-electron chi connectivity index (χ2n) is 5.68. The Hall–Kier alpha value is -3.93. The van der Waals surface area contributed by atoms with Crippen LogP contribution in [-0.4, -0.2) is 16.0 Å². The zero-order chi connectivity index (χ0) is 18.5. The van der Waals surface area contributed by atoms with Gasteiger partial charge in [-0.3, -0.25) is 4.79 Å². The van der Waals surface area contributed by atoms with Gasteiger partial charge >= 0.3 is 0 Å². The van der Waals surface area contributed by atoms with E-state index < -0.39 is 0 Å². The highest BCUT2D eigenvalue weighted by atomic mass is 16.5. The third-order valence-corrected chi connectivity index (χ3v) is 3.81. The van der Waals surface area contributed by atoms with E-state index in [1.54, 1.807) is 36.6 Å². The van der Waals surface area contributed by atoms with E-state index >= 15 is 0 Å². The van der Waals surface area contributed by atoms with Gasteiger partial charge < -0.3 is 14.3 Å². The number of para-hydroxylation sites is 1. The van der Waals surface area contributed by atoms with Gasteiger partial charge in [-0.15, -0.1) is 0 Å². The number of nitrogens with one attached hydrogen (secondary N) is 1. The molecule has 2 heterocycles. The third kappa shape index (κ3) is 3.85. The minimum atomic E-state index is -0.253. The van der Waals surface area contributed by atoms with Crippen molar-refractivity contribution in [3.63, 3.8) is 0 Å². The molecule has 0 bridgehead atoms. The van der Waals surface area contributed by atoms with Gasteiger partial charge in [-0.2, -0.15) is 4.98 Å². The van der Waals surface area contributed by atoms with Gasteiger partial charge in [-0.25, -0.2) is 0 Å². The number of furan rings is 1. The summed E-state index contributed by atoms with van der Waals surface area (Å²) in [6, 6.07) is 20.3. The fraction of sp³-hybridized carbons (Fsp3) is 0. The molecule has 1 N–H and O–H groups in total. The second-order valence-corrected chi connectivity index (χ2v) is 5.68. The first-order valence-corrected chi connectivity index (χ1v) is 8.31. The highest BCUT2D eigenvalue weighted by molar-refractivity contribution is 6.03. The molecule has 27 heavy (non-hydrogen) atoms. The van der Waals surface area contributed by atoms with Crippen LogP contribution in [0.4, 0.5) is 5.69 Å². The number of carbonyl (C=O) groups is 1. The minimum Gasteiger partial charge on any atom is -0.461 e. The van der Waals surface area contributed by atoms with Crippen LogP contribution in [0.15, 0.2) is 88.0 Å². The maximum absolute atomic E-state index is 12.3. The summed E-state index contributed by atoms with van der Waals surface area (Å²) in [5.74, 6) is 0.902. The quantitative estimate of drug-likeness (QED) is 0.526. The maximum Gasteiger partial charge on any atom is 0.260 e. The van der Waals surface area contributed by atoms with Gasteiger partial charge in [0.25, 0.3) is 5.89 Å². The van der Waals surface area contributed by atoms with Crippen molar-refractivity contribution in [2.24, 2.45) is 0 Å². The summed E-state index contributed by atoms with van der Waals surface area (Å²) >= 11 is 0. The van der Waals surface area contributed by atoms with Gasteiger partial charge in [0.15, 0.2) is 5.76 Å². The summed E-state index contributed by atoms with van der Waals surface area (Å²) in [5.41, 5.74) is 2.15. The molecule has 0 aliphatic rings. The Morgan fingerprint density at radius 1 is 0.963 bits per heavy atom. The highest BCUT2D eigenvalue weighted by Crippen LogP contribution is 2.28. The normalized spacial score (nSPS) is 11.0. The van der Waals surface area contributed by atoms with E-state index in [0.717, 1.165) is 5.56 Å². The van der Waals surface area contributed by atoms with E-state index in [-0.39, 0.29) is 5.91 Å². The summed E-state index contributed by atoms with van der Waals surface area (Å²) in [6.07, 6.45) is 4.77. The molecule has 0 aliphatic carbocycles. The first-order valence-electron chi connectivity index (χ1n) is 8.31. The molecule has 0 spiro atoms. The molecule has 0 aliphatic heterocycles. The van der Waals surface area contributed by atoms with Crippen molar-refractivity contribution in [1.29, 1.82) is 0 Å². The Kier molecular flexibility index (Phi) is 4.61. The molecule has 4 aromatic rings. The van der Waals surface area contributed by atoms with E-state index in [1.807, 2.05) is 42.5 Å². The Balaban J connectivity index is 1.55. The maximum atomic E-state index is 12.3. The van der Waals surface area contributed by atoms with E-state index in [0.29, 0.717) is 28.7 Å². The number of anilines is 1. The van der Waals surface area contributed by atoms with Gasteiger partial charge in [0.1, 0.15) is 0 Å². The predicted molar refractivity (Wildman–Crippen MR) is 102 cm³/mol. The lowest BCUT2D eigenvalue weighted by Gasteiger charge is -2.06. The molecule has 0 atom stereocenters. The van der Waals surface area contributed by atoms with E-state index in [9.17, 15) is 4.79 Å². The molecular formula is C21H15N3O3. The zero-order valence-electron chi connectivity index (χ0n) is 14.2. The summed E-state index contributed by atoms with van der Waals surface area (Å²) in [7, 11) is 0. The molecular weight excluding hydrogens is 342 g/mol. The Morgan fingerprint density at radius 3 is 2.59 bits per heavy atom. The van der Waals surface area contributed by atoms with Crippen LogP contribution in [0.5, 0.6) is 0 Å². The first kappa shape index (κ1) is 16.5. The molecule has 132 valence electrons. The summed E-state index contributed by atoms with van der Waals surface area (Å²) in [4.78, 5) is 16.6. The summed E-state index contributed by atoms with van der Waals surface area (Å²) in [5, 5.41) is 6.77. The van der Waals surface area contributed by atoms with E-state index in [2.05, 4.69) is 15.5 Å². The molecule has 6 heteroatoms. The largest absolute Gasteiger partial charge is 0.461 e. The lowest BCUT2D eigenvalue weighted by atomic mass is 10.1. The van der Waals surface area contributed by atoms with Crippen molar-refractivity contribution in [3.05, 3.63) is 84.6 Å². The molecule has 0 radical (unpaired) electrons. The van der Waals surface area contributed by atoms with Crippen molar-refractivity contribution in [1.82, 2.24) is 10.1 Å². The smallest absolute Gasteiger partial charge is 0.260 e. The van der Waals surface area contributed by atoms with Crippen LogP contribution in [-0.2, 0) is 4.79 Å². The zero-order valence-corrected chi connectivity index (χ0v) is 14.2. The van der Waals surface area contributed by atoms with Crippen LogP contribution in [0.3, 0.4) is 0 Å². The van der Waals surface area contributed by atoms with E-state index in [4.69, 9.17) is 8.94 Å². The van der Waals surface area contributed by atoms with Crippen molar-refractivity contribution in [2.45, 2.75) is 0 Å². The van der Waals surface area contributed by atoms with Gasteiger partial charge in [-0.05, 0) is 35.9 Å². The van der Waals surface area contributed by atoms with Crippen LogP contribution in [0.2, 0.25) is 0 Å². The Bertz CT molecular complexity index is 1070. The first-order chi connectivity index (χ1) is 13.3. The van der Waals surface area contributed by atoms with Gasteiger partial charge in [0.05, 0.1) is 17.5 Å². The second kappa shape index (κ2) is 7.53. The molecule has 6 nitrogen and oxygen atoms in total. The number of carbonyl (C=O) groups excluding carboxylic acids is 1. The third-order valence-electron chi connectivity index (χ3n) is 3.81. The highest BCUT2D eigenvalue weighted by Gasteiger charge is 2.15. The molecule has 0 fully saturated rings. The topological polar surface area (TPSA) is 81.2 Å². The molecule has 2 aromatic heterocycles. The van der Waals surface area contributed by atoms with Crippen LogP contribution in [0.25, 0.3) is 29.1 Å². The van der Waals surface area contributed by atoms with Crippen LogP contribution >= 0.6 is 0 Å². The number of hydrogen-bond acceptors (Lipinski definition) is 5. The van der Waals surface area contributed by atoms with Crippen molar-refractivity contribution < 1.29 is 13.7 Å². The number of aromatic nitrogens is 2. The van der Waals surface area contributed by atoms with E-state index in [1.165, 1.54) is 6.08 Å². The van der Waals surface area contributed by atoms with Gasteiger partial charge in [-0.1, -0.05) is 47.6 Å². The number of benzene rings is 2. The number of amides is 1. The monoisotopic (exact) mass is 357 g/mol.